The minimum absolute atomic E-state index is 0.226. The van der Waals surface area contributed by atoms with Crippen molar-refractivity contribution in [2.24, 2.45) is 0 Å². The van der Waals surface area contributed by atoms with Gasteiger partial charge in [-0.05, 0) is 61.1 Å². The summed E-state index contributed by atoms with van der Waals surface area (Å²) in [6.07, 6.45) is -2.80. The average Bonchev–Trinajstić information content (AvgIpc) is 2.68. The molecule has 0 aliphatic carbocycles. The number of halogens is 3. The molecule has 150 valence electrons. The first-order valence-electron chi connectivity index (χ1n) is 9.25. The lowest BCUT2D eigenvalue weighted by atomic mass is 9.89. The molecule has 2 aromatic rings. The van der Waals surface area contributed by atoms with Crippen molar-refractivity contribution in [3.63, 3.8) is 0 Å². The molecule has 2 aromatic carbocycles. The van der Waals surface area contributed by atoms with E-state index >= 15 is 0 Å². The quantitative estimate of drug-likeness (QED) is 0.767. The highest BCUT2D eigenvalue weighted by atomic mass is 19.4. The van der Waals surface area contributed by atoms with Crippen molar-refractivity contribution in [3.05, 3.63) is 65.2 Å². The van der Waals surface area contributed by atoms with Crippen LogP contribution in [0.2, 0.25) is 0 Å². The summed E-state index contributed by atoms with van der Waals surface area (Å²) in [4.78, 5) is 14.2. The van der Waals surface area contributed by atoms with Gasteiger partial charge in [-0.1, -0.05) is 24.3 Å². The number of nitrogens with zero attached hydrogens (tertiary/aromatic N) is 1. The van der Waals surface area contributed by atoms with Crippen LogP contribution < -0.4 is 5.32 Å². The topological polar surface area (TPSA) is 52.6 Å². The summed E-state index contributed by atoms with van der Waals surface area (Å²) in [6, 6.07) is 11.3. The molecule has 0 aromatic heterocycles. The zero-order chi connectivity index (χ0) is 20.3. The molecule has 1 atom stereocenters. The van der Waals surface area contributed by atoms with E-state index < -0.39 is 17.8 Å². The van der Waals surface area contributed by atoms with E-state index in [-0.39, 0.29) is 11.8 Å². The number of hydrogen-bond donors (Lipinski definition) is 2. The number of carbonyl (C=O) groups is 1. The summed E-state index contributed by atoms with van der Waals surface area (Å²) in [5, 5.41) is 12.2. The van der Waals surface area contributed by atoms with Crippen molar-refractivity contribution in [1.82, 2.24) is 10.2 Å². The zero-order valence-electron chi connectivity index (χ0n) is 15.5. The highest BCUT2D eigenvalue weighted by Gasteiger charge is 2.31. The third-order valence-electron chi connectivity index (χ3n) is 5.20. The molecule has 1 fully saturated rings. The molecule has 4 nitrogen and oxygen atoms in total. The van der Waals surface area contributed by atoms with Crippen LogP contribution in [0.3, 0.4) is 0 Å². The SMILES string of the molecule is CC(NC(=O)N1CCC(c2ccc(O)cc2)CC1)c1cccc(C(F)(F)F)c1. The van der Waals surface area contributed by atoms with E-state index in [9.17, 15) is 23.1 Å². The number of urea groups is 1. The fraction of sp³-hybridized carbons (Fsp3) is 0.381. The Kier molecular flexibility index (Phi) is 5.82. The fourth-order valence-electron chi connectivity index (χ4n) is 3.51. The maximum atomic E-state index is 12.9. The van der Waals surface area contributed by atoms with E-state index in [2.05, 4.69) is 5.32 Å². The number of likely N-dealkylation sites (tertiary alicyclic amines) is 1. The normalized spacial score (nSPS) is 16.6. The Morgan fingerprint density at radius 2 is 1.79 bits per heavy atom. The van der Waals surface area contributed by atoms with Crippen molar-refractivity contribution >= 4 is 6.03 Å². The molecule has 3 rings (SSSR count). The summed E-state index contributed by atoms with van der Waals surface area (Å²) < 4.78 is 38.6. The van der Waals surface area contributed by atoms with Gasteiger partial charge in [0, 0.05) is 13.1 Å². The number of benzene rings is 2. The molecule has 1 heterocycles. The third kappa shape index (κ3) is 4.77. The molecule has 0 bridgehead atoms. The molecule has 0 radical (unpaired) electrons. The number of piperidine rings is 1. The fourth-order valence-corrected chi connectivity index (χ4v) is 3.51. The number of carbonyl (C=O) groups excluding carboxylic acids is 1. The Hall–Kier alpha value is -2.70. The summed E-state index contributed by atoms with van der Waals surface area (Å²) in [5.74, 6) is 0.551. The Morgan fingerprint density at radius 3 is 2.39 bits per heavy atom. The predicted octanol–water partition coefficient (Wildman–Crippen LogP) is 5.06. The van der Waals surface area contributed by atoms with Crippen LogP contribution in [0.15, 0.2) is 48.5 Å². The minimum atomic E-state index is -4.41. The van der Waals surface area contributed by atoms with Gasteiger partial charge in [0.15, 0.2) is 0 Å². The van der Waals surface area contributed by atoms with Gasteiger partial charge < -0.3 is 15.3 Å². The molecule has 1 aliphatic rings. The van der Waals surface area contributed by atoms with E-state index in [4.69, 9.17) is 0 Å². The van der Waals surface area contributed by atoms with Gasteiger partial charge in [0.2, 0.25) is 0 Å². The molecule has 1 unspecified atom stereocenters. The number of hydrogen-bond acceptors (Lipinski definition) is 2. The van der Waals surface area contributed by atoms with E-state index in [1.807, 2.05) is 12.1 Å². The van der Waals surface area contributed by atoms with Crippen LogP contribution in [0.4, 0.5) is 18.0 Å². The number of rotatable bonds is 3. The average molecular weight is 392 g/mol. The first kappa shape index (κ1) is 20.0. The van der Waals surface area contributed by atoms with Crippen LogP contribution >= 0.6 is 0 Å². The second-order valence-corrected chi connectivity index (χ2v) is 7.15. The van der Waals surface area contributed by atoms with Crippen LogP contribution in [-0.2, 0) is 6.18 Å². The van der Waals surface area contributed by atoms with E-state index in [0.29, 0.717) is 24.6 Å². The number of alkyl halides is 3. The molecule has 2 amide bonds. The van der Waals surface area contributed by atoms with Crippen molar-refractivity contribution < 1.29 is 23.1 Å². The highest BCUT2D eigenvalue weighted by molar-refractivity contribution is 5.74. The molecular weight excluding hydrogens is 369 g/mol. The van der Waals surface area contributed by atoms with Gasteiger partial charge in [-0.3, -0.25) is 0 Å². The van der Waals surface area contributed by atoms with Gasteiger partial charge >= 0.3 is 12.2 Å². The van der Waals surface area contributed by atoms with Gasteiger partial charge in [-0.25, -0.2) is 4.79 Å². The standard InChI is InChI=1S/C21H23F3N2O2/c1-14(17-3-2-4-18(13-17)21(22,23)24)25-20(28)26-11-9-16(10-12-26)15-5-7-19(27)8-6-15/h2-8,13-14,16,27H,9-12H2,1H3,(H,25,28). The number of phenolic OH excluding ortho intramolecular Hbond substituents is 1. The van der Waals surface area contributed by atoms with E-state index in [0.717, 1.165) is 30.5 Å². The van der Waals surface area contributed by atoms with Crippen molar-refractivity contribution in [1.29, 1.82) is 0 Å². The second kappa shape index (κ2) is 8.12. The van der Waals surface area contributed by atoms with Crippen molar-refractivity contribution in [3.8, 4) is 5.75 Å². The summed E-state index contributed by atoms with van der Waals surface area (Å²) in [5.41, 5.74) is 0.832. The molecule has 1 aliphatic heterocycles. The van der Waals surface area contributed by atoms with Gasteiger partial charge in [0.05, 0.1) is 11.6 Å². The van der Waals surface area contributed by atoms with Crippen molar-refractivity contribution in [2.45, 2.75) is 37.9 Å². The van der Waals surface area contributed by atoms with Gasteiger partial charge in [-0.2, -0.15) is 13.2 Å². The Labute approximate surface area is 162 Å². The van der Waals surface area contributed by atoms with Crippen LogP contribution in [0.25, 0.3) is 0 Å². The summed E-state index contributed by atoms with van der Waals surface area (Å²) in [6.45, 7) is 2.83. The molecule has 28 heavy (non-hydrogen) atoms. The first-order valence-corrected chi connectivity index (χ1v) is 9.25. The van der Waals surface area contributed by atoms with Crippen LogP contribution in [-0.4, -0.2) is 29.1 Å². The molecule has 7 heteroatoms. The first-order chi connectivity index (χ1) is 13.2. The highest BCUT2D eigenvalue weighted by Crippen LogP contribution is 2.31. The monoisotopic (exact) mass is 392 g/mol. The number of aromatic hydroxyl groups is 1. The van der Waals surface area contributed by atoms with E-state index in [1.165, 1.54) is 6.07 Å². The van der Waals surface area contributed by atoms with Crippen LogP contribution in [0, 0.1) is 0 Å². The Bertz CT molecular complexity index is 813. The van der Waals surface area contributed by atoms with Crippen LogP contribution in [0.5, 0.6) is 5.75 Å². The largest absolute Gasteiger partial charge is 0.508 e. The number of amides is 2. The van der Waals surface area contributed by atoms with E-state index in [1.54, 1.807) is 30.0 Å². The summed E-state index contributed by atoms with van der Waals surface area (Å²) >= 11 is 0. The lowest BCUT2D eigenvalue weighted by molar-refractivity contribution is -0.137. The molecular formula is C21H23F3N2O2. The predicted molar refractivity (Wildman–Crippen MR) is 100 cm³/mol. The maximum Gasteiger partial charge on any atom is 0.416 e. The number of nitrogens with one attached hydrogen (secondary N) is 1. The Morgan fingerprint density at radius 1 is 1.14 bits per heavy atom. The molecule has 2 N–H and O–H groups in total. The smallest absolute Gasteiger partial charge is 0.416 e. The van der Waals surface area contributed by atoms with Crippen LogP contribution in [0.1, 0.15) is 48.4 Å². The number of phenols is 1. The second-order valence-electron chi connectivity index (χ2n) is 7.15. The maximum absolute atomic E-state index is 12.9. The zero-order valence-corrected chi connectivity index (χ0v) is 15.5. The van der Waals surface area contributed by atoms with Gasteiger partial charge in [-0.15, -0.1) is 0 Å². The minimum Gasteiger partial charge on any atom is -0.508 e. The lowest BCUT2D eigenvalue weighted by Crippen LogP contribution is -2.44. The Balaban J connectivity index is 1.56. The lowest BCUT2D eigenvalue weighted by Gasteiger charge is -2.33. The van der Waals surface area contributed by atoms with Gasteiger partial charge in [0.1, 0.15) is 5.75 Å². The third-order valence-corrected chi connectivity index (χ3v) is 5.20. The molecule has 0 saturated carbocycles. The summed E-state index contributed by atoms with van der Waals surface area (Å²) in [7, 11) is 0. The van der Waals surface area contributed by atoms with Gasteiger partial charge in [0.25, 0.3) is 0 Å². The molecule has 1 saturated heterocycles. The molecule has 0 spiro atoms. The van der Waals surface area contributed by atoms with Crippen molar-refractivity contribution in [2.75, 3.05) is 13.1 Å².